The topological polar surface area (TPSA) is 12.0 Å². The van der Waals surface area contributed by atoms with Gasteiger partial charge in [-0.1, -0.05) is 19.6 Å². The Balaban J connectivity index is 2.92. The molecule has 0 heterocycles. The minimum Gasteiger partial charge on any atom is -0.369 e. The summed E-state index contributed by atoms with van der Waals surface area (Å²) in [6.07, 6.45) is 6.61. The summed E-state index contributed by atoms with van der Waals surface area (Å²) >= 11 is 0. The summed E-state index contributed by atoms with van der Waals surface area (Å²) in [5, 5.41) is 2.83. The minimum absolute atomic E-state index is 1.07. The zero-order valence-corrected chi connectivity index (χ0v) is 4.65. The Labute approximate surface area is 44.7 Å². The van der Waals surface area contributed by atoms with E-state index in [9.17, 15) is 0 Å². The first-order chi connectivity index (χ1) is 3.41. The van der Waals surface area contributed by atoms with E-state index in [1.807, 2.05) is 12.3 Å². The van der Waals surface area contributed by atoms with Crippen molar-refractivity contribution in [2.45, 2.75) is 13.3 Å². The number of nitrogens with one attached hydrogen (secondary N) is 1. The Morgan fingerprint density at radius 3 is 2.86 bits per heavy atom. The van der Waals surface area contributed by atoms with Crippen molar-refractivity contribution >= 4 is 0 Å². The molecule has 0 saturated carbocycles. The fourth-order valence-electron chi connectivity index (χ4n) is 0.254. The molecule has 0 aromatic rings. The van der Waals surface area contributed by atoms with Crippen LogP contribution in [0.3, 0.4) is 0 Å². The maximum Gasteiger partial charge on any atom is -0.00360 e. The van der Waals surface area contributed by atoms with Gasteiger partial charge in [0.05, 0.1) is 0 Å². The fourth-order valence-corrected chi connectivity index (χ4v) is 0.254. The normalized spacial score (nSPS) is 9.29. The van der Waals surface area contributed by atoms with Gasteiger partial charge in [-0.2, -0.15) is 0 Å². The Hall–Kier alpha value is -0.720. The van der Waals surface area contributed by atoms with Gasteiger partial charge in [0.2, 0.25) is 0 Å². The third-order valence-electron chi connectivity index (χ3n) is 0.568. The van der Waals surface area contributed by atoms with Crippen LogP contribution in [0.25, 0.3) is 0 Å². The molecule has 0 radical (unpaired) electrons. The van der Waals surface area contributed by atoms with Crippen molar-refractivity contribution in [2.24, 2.45) is 0 Å². The molecule has 0 spiro atoms. The zero-order chi connectivity index (χ0) is 5.54. The Kier molecular flexibility index (Phi) is 4.74. The van der Waals surface area contributed by atoms with E-state index in [0.29, 0.717) is 0 Å². The molecule has 0 aromatic heterocycles. The summed E-state index contributed by atoms with van der Waals surface area (Å²) in [6.45, 7) is 5.55. The zero-order valence-electron chi connectivity index (χ0n) is 4.65. The average molecular weight is 97.2 g/mol. The van der Waals surface area contributed by atoms with Gasteiger partial charge in [0.15, 0.2) is 0 Å². The Morgan fingerprint density at radius 2 is 2.43 bits per heavy atom. The van der Waals surface area contributed by atoms with Crippen molar-refractivity contribution in [2.75, 3.05) is 0 Å². The van der Waals surface area contributed by atoms with Gasteiger partial charge in [-0.25, -0.2) is 0 Å². The Morgan fingerprint density at radius 1 is 1.71 bits per heavy atom. The average Bonchev–Trinajstić information content (AvgIpc) is 1.69. The van der Waals surface area contributed by atoms with Crippen LogP contribution in [0.5, 0.6) is 0 Å². The quantitative estimate of drug-likeness (QED) is 0.564. The van der Waals surface area contributed by atoms with Gasteiger partial charge in [0, 0.05) is 0 Å². The molecule has 0 aromatic carbocycles. The monoisotopic (exact) mass is 97.1 g/mol. The predicted octanol–water partition coefficient (Wildman–Crippen LogP) is 1.64. The molecular formula is C6H11N. The summed E-state index contributed by atoms with van der Waals surface area (Å²) in [7, 11) is 0. The van der Waals surface area contributed by atoms with Crippen LogP contribution in [0, 0.1) is 0 Å². The van der Waals surface area contributed by atoms with Crippen LogP contribution in [0.1, 0.15) is 13.3 Å². The number of allylic oxidation sites excluding steroid dienone is 1. The highest BCUT2D eigenvalue weighted by molar-refractivity contribution is 4.82. The molecular weight excluding hydrogens is 86.1 g/mol. The summed E-state index contributed by atoms with van der Waals surface area (Å²) in [6, 6.07) is 0. The first-order valence-corrected chi connectivity index (χ1v) is 2.43. The van der Waals surface area contributed by atoms with Gasteiger partial charge in [-0.3, -0.25) is 0 Å². The maximum absolute atomic E-state index is 3.47. The maximum atomic E-state index is 3.47. The fraction of sp³-hybridized carbons (Fsp3) is 0.333. The molecule has 1 heteroatoms. The van der Waals surface area contributed by atoms with Crippen molar-refractivity contribution in [3.05, 3.63) is 25.1 Å². The van der Waals surface area contributed by atoms with Crippen LogP contribution in [0.2, 0.25) is 0 Å². The first-order valence-electron chi connectivity index (χ1n) is 2.43. The molecule has 7 heavy (non-hydrogen) atoms. The largest absolute Gasteiger partial charge is 0.369 e. The molecule has 0 atom stereocenters. The van der Waals surface area contributed by atoms with Gasteiger partial charge in [-0.05, 0) is 18.8 Å². The molecule has 1 N–H and O–H groups in total. The lowest BCUT2D eigenvalue weighted by molar-refractivity contribution is 1.14. The summed E-state index contributed by atoms with van der Waals surface area (Å²) in [4.78, 5) is 0. The molecule has 40 valence electrons. The van der Waals surface area contributed by atoms with Gasteiger partial charge in [0.25, 0.3) is 0 Å². The molecule has 0 rings (SSSR count). The molecule has 0 aliphatic carbocycles. The SMILES string of the molecule is C=CN/C=C\CC. The lowest BCUT2D eigenvalue weighted by Crippen LogP contribution is -1.87. The molecule has 0 bridgehead atoms. The standard InChI is InChI=1S/C6H11N/c1-3-5-6-7-4-2/h4-7H,2-3H2,1H3/b6-5-. The van der Waals surface area contributed by atoms with Crippen LogP contribution < -0.4 is 5.32 Å². The van der Waals surface area contributed by atoms with Crippen LogP contribution in [-0.2, 0) is 0 Å². The number of hydrogen-bond acceptors (Lipinski definition) is 1. The summed E-state index contributed by atoms with van der Waals surface area (Å²) < 4.78 is 0. The van der Waals surface area contributed by atoms with Gasteiger partial charge < -0.3 is 5.32 Å². The summed E-state index contributed by atoms with van der Waals surface area (Å²) in [5.74, 6) is 0. The van der Waals surface area contributed by atoms with E-state index in [-0.39, 0.29) is 0 Å². The molecule has 0 saturated heterocycles. The van der Waals surface area contributed by atoms with Gasteiger partial charge >= 0.3 is 0 Å². The second-order valence-electron chi connectivity index (χ2n) is 1.18. The van der Waals surface area contributed by atoms with E-state index in [1.165, 1.54) is 0 Å². The van der Waals surface area contributed by atoms with Gasteiger partial charge in [-0.15, -0.1) is 0 Å². The smallest absolute Gasteiger partial charge is 0.00360 e. The molecule has 1 nitrogen and oxygen atoms in total. The number of rotatable bonds is 3. The molecule has 0 amide bonds. The minimum atomic E-state index is 1.07. The van der Waals surface area contributed by atoms with Crippen molar-refractivity contribution in [3.8, 4) is 0 Å². The van der Waals surface area contributed by atoms with E-state index in [1.54, 1.807) is 6.20 Å². The molecule has 0 aliphatic heterocycles. The highest BCUT2D eigenvalue weighted by atomic mass is 14.8. The second-order valence-corrected chi connectivity index (χ2v) is 1.18. The highest BCUT2D eigenvalue weighted by Gasteiger charge is 1.59. The van der Waals surface area contributed by atoms with E-state index in [4.69, 9.17) is 0 Å². The van der Waals surface area contributed by atoms with Crippen molar-refractivity contribution < 1.29 is 0 Å². The molecule has 0 aliphatic rings. The van der Waals surface area contributed by atoms with E-state index < -0.39 is 0 Å². The Bertz CT molecular complexity index is 64.6. The van der Waals surface area contributed by atoms with Crippen LogP contribution in [-0.4, -0.2) is 0 Å². The third kappa shape index (κ3) is 5.28. The lowest BCUT2D eigenvalue weighted by atomic mass is 10.5. The molecule has 0 unspecified atom stereocenters. The van der Waals surface area contributed by atoms with E-state index in [2.05, 4.69) is 18.8 Å². The third-order valence-corrected chi connectivity index (χ3v) is 0.568. The van der Waals surface area contributed by atoms with E-state index >= 15 is 0 Å². The predicted molar refractivity (Wildman–Crippen MR) is 32.8 cm³/mol. The molecule has 0 fully saturated rings. The van der Waals surface area contributed by atoms with Crippen LogP contribution in [0.4, 0.5) is 0 Å². The van der Waals surface area contributed by atoms with Crippen molar-refractivity contribution in [3.63, 3.8) is 0 Å². The summed E-state index contributed by atoms with van der Waals surface area (Å²) in [5.41, 5.74) is 0. The second kappa shape index (κ2) is 5.28. The number of hydrogen-bond donors (Lipinski definition) is 1. The lowest BCUT2D eigenvalue weighted by Gasteiger charge is -1.81. The van der Waals surface area contributed by atoms with Crippen LogP contribution >= 0.6 is 0 Å². The van der Waals surface area contributed by atoms with Crippen molar-refractivity contribution in [1.82, 2.24) is 5.32 Å². The first kappa shape index (κ1) is 6.28. The van der Waals surface area contributed by atoms with Gasteiger partial charge in [0.1, 0.15) is 0 Å². The highest BCUT2D eigenvalue weighted by Crippen LogP contribution is 1.73. The van der Waals surface area contributed by atoms with Crippen LogP contribution in [0.15, 0.2) is 25.1 Å². The van der Waals surface area contributed by atoms with E-state index in [0.717, 1.165) is 6.42 Å². The van der Waals surface area contributed by atoms with Crippen molar-refractivity contribution in [1.29, 1.82) is 0 Å².